The lowest BCUT2D eigenvalue weighted by Crippen LogP contribution is -2.51. The molecule has 1 atom stereocenters. The fourth-order valence-corrected chi connectivity index (χ4v) is 4.26. The van der Waals surface area contributed by atoms with Crippen LogP contribution in [0.2, 0.25) is 0 Å². The highest BCUT2D eigenvalue weighted by Gasteiger charge is 2.35. The number of carbonyl (C=O) groups is 3. The maximum Gasteiger partial charge on any atom is 0.269 e. The number of benzene rings is 1. The summed E-state index contributed by atoms with van der Waals surface area (Å²) in [6, 6.07) is 8.21. The Morgan fingerprint density at radius 3 is 2.43 bits per heavy atom. The van der Waals surface area contributed by atoms with Gasteiger partial charge in [-0.15, -0.1) is 11.3 Å². The summed E-state index contributed by atoms with van der Waals surface area (Å²) in [5.74, 6) is -1.25. The highest BCUT2D eigenvalue weighted by atomic mass is 32.2. The van der Waals surface area contributed by atoms with Crippen LogP contribution in [0.25, 0.3) is 0 Å². The van der Waals surface area contributed by atoms with E-state index in [4.69, 9.17) is 0 Å². The van der Waals surface area contributed by atoms with E-state index in [1.807, 2.05) is 0 Å². The number of hydrogen-bond acceptors (Lipinski definition) is 6. The molecule has 3 amide bonds. The van der Waals surface area contributed by atoms with E-state index in [9.17, 15) is 22.8 Å². The van der Waals surface area contributed by atoms with E-state index in [2.05, 4.69) is 10.9 Å². The average Bonchev–Trinajstić information content (AvgIpc) is 3.36. The molecule has 1 aliphatic heterocycles. The lowest BCUT2D eigenvalue weighted by Gasteiger charge is -2.23. The van der Waals surface area contributed by atoms with Gasteiger partial charge in [0, 0.05) is 18.4 Å². The van der Waals surface area contributed by atoms with E-state index in [-0.39, 0.29) is 16.4 Å². The molecular formula is C18H19N3O5S2. The second kappa shape index (κ2) is 8.11. The first-order valence-electron chi connectivity index (χ1n) is 8.52. The largest absolute Gasteiger partial charge is 0.326 e. The summed E-state index contributed by atoms with van der Waals surface area (Å²) in [5.41, 5.74) is 4.86. The van der Waals surface area contributed by atoms with Crippen LogP contribution in [0.1, 0.15) is 32.9 Å². The molecule has 1 aliphatic rings. The van der Waals surface area contributed by atoms with Crippen molar-refractivity contribution in [2.24, 2.45) is 0 Å². The number of nitrogens with zero attached hydrogens (tertiary/aromatic N) is 1. The van der Waals surface area contributed by atoms with Gasteiger partial charge in [-0.25, -0.2) is 8.42 Å². The molecule has 2 heterocycles. The van der Waals surface area contributed by atoms with Crippen molar-refractivity contribution in [2.45, 2.75) is 23.8 Å². The maximum absolute atomic E-state index is 12.5. The van der Waals surface area contributed by atoms with Crippen molar-refractivity contribution in [3.8, 4) is 0 Å². The molecule has 1 saturated heterocycles. The minimum Gasteiger partial charge on any atom is -0.326 e. The molecule has 0 saturated carbocycles. The molecule has 10 heteroatoms. The Balaban J connectivity index is 1.60. The zero-order chi connectivity index (χ0) is 20.3. The number of likely N-dealkylation sites (tertiary alicyclic amines) is 1. The normalized spacial score (nSPS) is 16.6. The molecule has 1 aromatic carbocycles. The molecular weight excluding hydrogens is 402 g/mol. The summed E-state index contributed by atoms with van der Waals surface area (Å²) in [7, 11) is -3.35. The third-order valence-corrected chi connectivity index (χ3v) is 6.38. The quantitative estimate of drug-likeness (QED) is 0.721. The summed E-state index contributed by atoms with van der Waals surface area (Å²) in [6.45, 7) is 0.482. The average molecular weight is 422 g/mol. The molecule has 28 heavy (non-hydrogen) atoms. The molecule has 2 N–H and O–H groups in total. The number of amides is 3. The minimum absolute atomic E-state index is 0.0989. The molecule has 0 spiro atoms. The Labute approximate surface area is 166 Å². The lowest BCUT2D eigenvalue weighted by atomic mass is 10.2. The van der Waals surface area contributed by atoms with Crippen LogP contribution in [-0.2, 0) is 14.6 Å². The number of hydrazine groups is 1. The Morgan fingerprint density at radius 1 is 1.11 bits per heavy atom. The van der Waals surface area contributed by atoms with Gasteiger partial charge >= 0.3 is 0 Å². The Morgan fingerprint density at radius 2 is 1.82 bits per heavy atom. The van der Waals surface area contributed by atoms with Gasteiger partial charge in [-0.2, -0.15) is 0 Å². The van der Waals surface area contributed by atoms with Crippen LogP contribution < -0.4 is 10.9 Å². The van der Waals surface area contributed by atoms with E-state index in [0.717, 1.165) is 6.26 Å². The van der Waals surface area contributed by atoms with Crippen molar-refractivity contribution in [3.05, 3.63) is 52.2 Å². The third-order valence-electron chi connectivity index (χ3n) is 4.39. The predicted octanol–water partition coefficient (Wildman–Crippen LogP) is 1.22. The van der Waals surface area contributed by atoms with Crippen molar-refractivity contribution in [2.75, 3.05) is 12.8 Å². The van der Waals surface area contributed by atoms with Gasteiger partial charge in [-0.1, -0.05) is 6.07 Å². The Hall–Kier alpha value is -2.72. The Kier molecular flexibility index (Phi) is 5.80. The highest BCUT2D eigenvalue weighted by molar-refractivity contribution is 7.90. The van der Waals surface area contributed by atoms with Crippen molar-refractivity contribution < 1.29 is 22.8 Å². The fraction of sp³-hybridized carbons (Fsp3) is 0.278. The van der Waals surface area contributed by atoms with Crippen molar-refractivity contribution >= 4 is 38.9 Å². The SMILES string of the molecule is CS(=O)(=O)c1ccc(C(=O)NNC(=O)[C@@H]2CCCN2C(=O)c2cccs2)cc1. The standard InChI is InChI=1S/C18H19N3O5S2/c1-28(25,26)13-8-6-12(7-9-13)16(22)19-20-17(23)14-4-2-10-21(14)18(24)15-5-3-11-27-15/h3,5-9,11,14H,2,4,10H2,1H3,(H,19,22)(H,20,23)/t14-/m0/s1. The second-order valence-corrected chi connectivity index (χ2v) is 9.34. The van der Waals surface area contributed by atoms with Gasteiger partial charge in [-0.05, 0) is 48.6 Å². The number of rotatable bonds is 4. The summed E-state index contributed by atoms with van der Waals surface area (Å²) >= 11 is 1.31. The smallest absolute Gasteiger partial charge is 0.269 e. The second-order valence-electron chi connectivity index (χ2n) is 6.37. The van der Waals surface area contributed by atoms with E-state index >= 15 is 0 Å². The van der Waals surface area contributed by atoms with Crippen LogP contribution in [0.4, 0.5) is 0 Å². The maximum atomic E-state index is 12.5. The number of hydrogen-bond donors (Lipinski definition) is 2. The van der Waals surface area contributed by atoms with Crippen LogP contribution in [0.3, 0.4) is 0 Å². The monoisotopic (exact) mass is 421 g/mol. The first kappa shape index (κ1) is 20.0. The molecule has 148 valence electrons. The minimum atomic E-state index is -3.35. The molecule has 0 unspecified atom stereocenters. The molecule has 0 radical (unpaired) electrons. The van der Waals surface area contributed by atoms with E-state index in [0.29, 0.717) is 24.3 Å². The summed E-state index contributed by atoms with van der Waals surface area (Å²) in [5, 5.41) is 1.80. The van der Waals surface area contributed by atoms with Crippen LogP contribution in [0, 0.1) is 0 Å². The van der Waals surface area contributed by atoms with Crippen LogP contribution in [0.15, 0.2) is 46.7 Å². The van der Waals surface area contributed by atoms with Gasteiger partial charge in [0.05, 0.1) is 9.77 Å². The van der Waals surface area contributed by atoms with E-state index in [1.165, 1.54) is 40.5 Å². The van der Waals surface area contributed by atoms with Crippen LogP contribution >= 0.6 is 11.3 Å². The molecule has 8 nitrogen and oxygen atoms in total. The van der Waals surface area contributed by atoms with Crippen LogP contribution in [-0.4, -0.2) is 49.9 Å². The zero-order valence-electron chi connectivity index (χ0n) is 15.0. The predicted molar refractivity (Wildman–Crippen MR) is 104 cm³/mol. The van der Waals surface area contributed by atoms with Gasteiger partial charge in [0.25, 0.3) is 17.7 Å². The molecule has 0 aliphatic carbocycles. The lowest BCUT2D eigenvalue weighted by molar-refractivity contribution is -0.125. The number of thiophene rings is 1. The molecule has 3 rings (SSSR count). The number of sulfone groups is 1. The van der Waals surface area contributed by atoms with Crippen molar-refractivity contribution in [1.82, 2.24) is 15.8 Å². The fourth-order valence-electron chi connectivity index (χ4n) is 2.95. The van der Waals surface area contributed by atoms with Gasteiger partial charge in [0.2, 0.25) is 0 Å². The number of nitrogens with one attached hydrogen (secondary N) is 2. The van der Waals surface area contributed by atoms with Gasteiger partial charge in [0.15, 0.2) is 9.84 Å². The third kappa shape index (κ3) is 4.39. The molecule has 1 aromatic heterocycles. The summed E-state index contributed by atoms with van der Waals surface area (Å²) in [6.07, 6.45) is 2.30. The molecule has 1 fully saturated rings. The molecule has 2 aromatic rings. The first-order valence-corrected chi connectivity index (χ1v) is 11.3. The van der Waals surface area contributed by atoms with E-state index in [1.54, 1.807) is 17.5 Å². The zero-order valence-corrected chi connectivity index (χ0v) is 16.7. The van der Waals surface area contributed by atoms with Crippen LogP contribution in [0.5, 0.6) is 0 Å². The Bertz CT molecular complexity index is 985. The molecule has 0 bridgehead atoms. The first-order chi connectivity index (χ1) is 13.3. The number of carbonyl (C=O) groups excluding carboxylic acids is 3. The van der Waals surface area contributed by atoms with Crippen molar-refractivity contribution in [1.29, 1.82) is 0 Å². The highest BCUT2D eigenvalue weighted by Crippen LogP contribution is 2.22. The van der Waals surface area contributed by atoms with E-state index < -0.39 is 27.7 Å². The van der Waals surface area contributed by atoms with Gasteiger partial charge in [-0.3, -0.25) is 25.2 Å². The summed E-state index contributed by atoms with van der Waals surface area (Å²) in [4.78, 5) is 39.3. The van der Waals surface area contributed by atoms with Gasteiger partial charge in [0.1, 0.15) is 6.04 Å². The summed E-state index contributed by atoms with van der Waals surface area (Å²) < 4.78 is 22.9. The van der Waals surface area contributed by atoms with Crippen molar-refractivity contribution in [3.63, 3.8) is 0 Å². The topological polar surface area (TPSA) is 113 Å². The van der Waals surface area contributed by atoms with Gasteiger partial charge < -0.3 is 4.90 Å².